The smallest absolute Gasteiger partial charge is 0.248 e. The molecule has 0 saturated heterocycles. The van der Waals surface area contributed by atoms with Gasteiger partial charge in [0.15, 0.2) is 5.58 Å². The maximum absolute atomic E-state index is 11.9. The average Bonchev–Trinajstić information content (AvgIpc) is 3.07. The molecule has 3 aromatic carbocycles. The number of benzene rings is 3. The minimum atomic E-state index is -0.184. The molecule has 4 heteroatoms. The second kappa shape index (κ2) is 6.24. The third-order valence-corrected chi connectivity index (χ3v) is 4.02. The first-order chi connectivity index (χ1) is 12.3. The van der Waals surface area contributed by atoms with Crippen molar-refractivity contribution in [3.63, 3.8) is 0 Å². The topological polar surface area (TPSA) is 55.1 Å². The zero-order valence-electron chi connectivity index (χ0n) is 13.7. The van der Waals surface area contributed by atoms with Gasteiger partial charge >= 0.3 is 0 Å². The number of para-hydroxylation sites is 1. The monoisotopic (exact) mass is 328 g/mol. The van der Waals surface area contributed by atoms with E-state index in [-0.39, 0.29) is 5.91 Å². The number of carbonyl (C=O) groups is 1. The molecule has 0 aliphatic heterocycles. The van der Waals surface area contributed by atoms with Gasteiger partial charge in [-0.2, -0.15) is 0 Å². The fourth-order valence-corrected chi connectivity index (χ4v) is 2.88. The Hall–Kier alpha value is -3.40. The molecule has 0 bridgehead atoms. The van der Waals surface area contributed by atoms with E-state index in [0.29, 0.717) is 11.6 Å². The number of anilines is 1. The SMILES string of the molecule is CC=CC(=O)Nc1ccccc1-c1nc2c(ccc3ccccc32)o1. The van der Waals surface area contributed by atoms with Crippen LogP contribution in [0.3, 0.4) is 0 Å². The van der Waals surface area contributed by atoms with Crippen molar-refractivity contribution in [3.8, 4) is 11.5 Å². The minimum Gasteiger partial charge on any atom is -0.436 e. The molecule has 4 aromatic rings. The number of nitrogens with one attached hydrogen (secondary N) is 1. The van der Waals surface area contributed by atoms with Gasteiger partial charge in [0.2, 0.25) is 11.8 Å². The molecule has 0 radical (unpaired) electrons. The van der Waals surface area contributed by atoms with Crippen LogP contribution in [0.5, 0.6) is 0 Å². The summed E-state index contributed by atoms with van der Waals surface area (Å²) in [4.78, 5) is 16.6. The van der Waals surface area contributed by atoms with Crippen molar-refractivity contribution < 1.29 is 9.21 Å². The van der Waals surface area contributed by atoms with E-state index in [4.69, 9.17) is 4.42 Å². The van der Waals surface area contributed by atoms with Gasteiger partial charge in [-0.15, -0.1) is 0 Å². The highest BCUT2D eigenvalue weighted by molar-refractivity contribution is 6.05. The van der Waals surface area contributed by atoms with Gasteiger partial charge < -0.3 is 9.73 Å². The molecule has 0 aliphatic rings. The normalized spacial score (nSPS) is 11.4. The second-order valence-electron chi connectivity index (χ2n) is 5.69. The summed E-state index contributed by atoms with van der Waals surface area (Å²) in [6.45, 7) is 1.80. The van der Waals surface area contributed by atoms with E-state index in [0.717, 1.165) is 27.4 Å². The quantitative estimate of drug-likeness (QED) is 0.528. The maximum atomic E-state index is 11.9. The average molecular weight is 328 g/mol. The number of hydrogen-bond donors (Lipinski definition) is 1. The van der Waals surface area contributed by atoms with Crippen LogP contribution in [-0.4, -0.2) is 10.9 Å². The lowest BCUT2D eigenvalue weighted by Crippen LogP contribution is -2.08. The Morgan fingerprint density at radius 3 is 2.72 bits per heavy atom. The van der Waals surface area contributed by atoms with Crippen LogP contribution in [0, 0.1) is 0 Å². The van der Waals surface area contributed by atoms with Crippen molar-refractivity contribution in [3.05, 3.63) is 72.8 Å². The number of nitrogens with zero attached hydrogens (tertiary/aromatic N) is 1. The molecule has 4 rings (SSSR count). The van der Waals surface area contributed by atoms with Gasteiger partial charge in [-0.1, -0.05) is 48.5 Å². The molecule has 4 nitrogen and oxygen atoms in total. The second-order valence-corrected chi connectivity index (χ2v) is 5.69. The van der Waals surface area contributed by atoms with Crippen molar-refractivity contribution in [1.29, 1.82) is 0 Å². The summed E-state index contributed by atoms with van der Waals surface area (Å²) < 4.78 is 5.96. The molecule has 0 aliphatic carbocycles. The predicted molar refractivity (Wildman–Crippen MR) is 100 cm³/mol. The molecule has 0 saturated carbocycles. The summed E-state index contributed by atoms with van der Waals surface area (Å²) in [6, 6.07) is 19.5. The number of carbonyl (C=O) groups excluding carboxylic acids is 1. The summed E-state index contributed by atoms with van der Waals surface area (Å²) >= 11 is 0. The summed E-state index contributed by atoms with van der Waals surface area (Å²) in [7, 11) is 0. The van der Waals surface area contributed by atoms with Crippen LogP contribution in [0.2, 0.25) is 0 Å². The lowest BCUT2D eigenvalue weighted by Gasteiger charge is -2.06. The third-order valence-electron chi connectivity index (χ3n) is 4.02. The van der Waals surface area contributed by atoms with Crippen LogP contribution in [0.4, 0.5) is 5.69 Å². The number of hydrogen-bond acceptors (Lipinski definition) is 3. The Bertz CT molecular complexity index is 1110. The van der Waals surface area contributed by atoms with E-state index < -0.39 is 0 Å². The molecule has 1 N–H and O–H groups in total. The molecular weight excluding hydrogens is 312 g/mol. The molecule has 0 unspecified atom stereocenters. The zero-order valence-corrected chi connectivity index (χ0v) is 13.7. The predicted octanol–water partition coefficient (Wildman–Crippen LogP) is 5.16. The van der Waals surface area contributed by atoms with E-state index in [1.54, 1.807) is 13.0 Å². The van der Waals surface area contributed by atoms with Gasteiger partial charge in [-0.05, 0) is 36.6 Å². The van der Waals surface area contributed by atoms with Crippen LogP contribution in [0.1, 0.15) is 6.92 Å². The highest BCUT2D eigenvalue weighted by Gasteiger charge is 2.14. The summed E-state index contributed by atoms with van der Waals surface area (Å²) in [5.74, 6) is 0.305. The summed E-state index contributed by atoms with van der Waals surface area (Å²) in [5, 5.41) is 5.03. The van der Waals surface area contributed by atoms with Crippen molar-refractivity contribution in [2.75, 3.05) is 5.32 Å². The van der Waals surface area contributed by atoms with Gasteiger partial charge in [0.25, 0.3) is 0 Å². The fourth-order valence-electron chi connectivity index (χ4n) is 2.88. The molecule has 0 atom stereocenters. The van der Waals surface area contributed by atoms with E-state index in [1.165, 1.54) is 6.08 Å². The van der Waals surface area contributed by atoms with Crippen LogP contribution in [0.15, 0.2) is 77.2 Å². The Balaban J connectivity index is 1.85. The Morgan fingerprint density at radius 2 is 1.84 bits per heavy atom. The first kappa shape index (κ1) is 15.1. The van der Waals surface area contributed by atoms with Crippen molar-refractivity contribution in [2.24, 2.45) is 0 Å². The highest BCUT2D eigenvalue weighted by Crippen LogP contribution is 2.33. The molecule has 122 valence electrons. The summed E-state index contributed by atoms with van der Waals surface area (Å²) in [5.41, 5.74) is 2.97. The van der Waals surface area contributed by atoms with Gasteiger partial charge in [-0.25, -0.2) is 4.98 Å². The first-order valence-corrected chi connectivity index (χ1v) is 8.07. The van der Waals surface area contributed by atoms with E-state index >= 15 is 0 Å². The van der Waals surface area contributed by atoms with Crippen LogP contribution in [0.25, 0.3) is 33.3 Å². The van der Waals surface area contributed by atoms with E-state index in [1.807, 2.05) is 60.7 Å². The van der Waals surface area contributed by atoms with Gasteiger partial charge in [0, 0.05) is 5.39 Å². The first-order valence-electron chi connectivity index (χ1n) is 8.07. The van der Waals surface area contributed by atoms with Crippen molar-refractivity contribution in [2.45, 2.75) is 6.92 Å². The zero-order chi connectivity index (χ0) is 17.2. The Kier molecular flexibility index (Phi) is 3.78. The molecule has 25 heavy (non-hydrogen) atoms. The largest absolute Gasteiger partial charge is 0.436 e. The molecule has 1 heterocycles. The van der Waals surface area contributed by atoms with E-state index in [9.17, 15) is 4.79 Å². The number of allylic oxidation sites excluding steroid dienone is 1. The molecular formula is C21H16N2O2. The number of fused-ring (bicyclic) bond motifs is 3. The van der Waals surface area contributed by atoms with Crippen molar-refractivity contribution in [1.82, 2.24) is 4.98 Å². The van der Waals surface area contributed by atoms with Gasteiger partial charge in [-0.3, -0.25) is 4.79 Å². The molecule has 1 amide bonds. The summed E-state index contributed by atoms with van der Waals surface area (Å²) in [6.07, 6.45) is 3.18. The molecule has 0 spiro atoms. The van der Waals surface area contributed by atoms with Crippen LogP contribution in [-0.2, 0) is 4.79 Å². The van der Waals surface area contributed by atoms with Gasteiger partial charge in [0.1, 0.15) is 5.52 Å². The van der Waals surface area contributed by atoms with Crippen LogP contribution >= 0.6 is 0 Å². The lowest BCUT2D eigenvalue weighted by molar-refractivity contribution is -0.111. The number of amides is 1. The maximum Gasteiger partial charge on any atom is 0.248 e. The number of oxazole rings is 1. The fraction of sp³-hybridized carbons (Fsp3) is 0.0476. The minimum absolute atomic E-state index is 0.184. The van der Waals surface area contributed by atoms with Crippen molar-refractivity contribution >= 4 is 33.5 Å². The number of rotatable bonds is 3. The molecule has 0 fully saturated rings. The standard InChI is InChI=1S/C21H16N2O2/c1-2-7-19(24)22-17-11-6-5-10-16(17)21-23-20-15-9-4-3-8-14(15)12-13-18(20)25-21/h2-13H,1H3,(H,22,24). The Morgan fingerprint density at radius 1 is 1.04 bits per heavy atom. The van der Waals surface area contributed by atoms with E-state index in [2.05, 4.69) is 10.3 Å². The third kappa shape index (κ3) is 2.78. The number of aromatic nitrogens is 1. The highest BCUT2D eigenvalue weighted by atomic mass is 16.3. The van der Waals surface area contributed by atoms with Gasteiger partial charge in [0.05, 0.1) is 11.3 Å². The Labute approximate surface area is 144 Å². The molecule has 1 aromatic heterocycles. The lowest BCUT2D eigenvalue weighted by atomic mass is 10.1. The van der Waals surface area contributed by atoms with Crippen LogP contribution < -0.4 is 5.32 Å².